The first kappa shape index (κ1) is 47.2. The fourth-order valence-corrected chi connectivity index (χ4v) is 11.8. The Kier molecular flexibility index (Phi) is 19.5. The van der Waals surface area contributed by atoms with E-state index in [1.54, 1.807) is 5.30 Å². The number of anilines is 2. The molecule has 6 nitrogen and oxygen atoms in total. The van der Waals surface area contributed by atoms with Gasteiger partial charge in [-0.25, -0.2) is 0 Å². The first-order valence-electron chi connectivity index (χ1n) is 20.6. The Balaban J connectivity index is 0.000000251. The van der Waals surface area contributed by atoms with E-state index in [9.17, 15) is 8.42 Å². The Morgan fingerprint density at radius 3 is 1.64 bits per heavy atom. The number of nitrogens with one attached hydrogen (secondary N) is 1. The molecule has 58 heavy (non-hydrogen) atoms. The molecule has 0 saturated heterocycles. The van der Waals surface area contributed by atoms with Crippen molar-refractivity contribution in [3.8, 4) is 33.8 Å². The maximum atomic E-state index is 9.19. The van der Waals surface area contributed by atoms with Crippen LogP contribution in [0.1, 0.15) is 91.9 Å². The molecule has 0 bridgehead atoms. The third kappa shape index (κ3) is 15.0. The van der Waals surface area contributed by atoms with Crippen LogP contribution in [0.5, 0.6) is 11.5 Å². The number of para-hydroxylation sites is 2. The van der Waals surface area contributed by atoms with E-state index in [1.807, 2.05) is 48.5 Å². The number of rotatable bonds is 11. The van der Waals surface area contributed by atoms with E-state index in [1.165, 1.54) is 69.8 Å². The molecule has 0 aromatic heterocycles. The van der Waals surface area contributed by atoms with E-state index >= 15 is 0 Å². The van der Waals surface area contributed by atoms with Gasteiger partial charge in [-0.3, -0.25) is 4.55 Å². The second-order valence-corrected chi connectivity index (χ2v) is 19.7. The molecule has 0 radical (unpaired) electrons. The minimum Gasteiger partial charge on any atom is -0.490 e. The van der Waals surface area contributed by atoms with Gasteiger partial charge >= 0.3 is 0 Å². The molecule has 7 rings (SSSR count). The van der Waals surface area contributed by atoms with Crippen molar-refractivity contribution in [1.82, 2.24) is 0 Å². The van der Waals surface area contributed by atoms with Gasteiger partial charge in [-0.05, 0) is 106 Å². The van der Waals surface area contributed by atoms with Crippen LogP contribution in [-0.4, -0.2) is 42.8 Å². The third-order valence-corrected chi connectivity index (χ3v) is 13.6. The third-order valence-electron chi connectivity index (χ3n) is 10.1. The number of ether oxygens (including phenoxy) is 2. The van der Waals surface area contributed by atoms with Gasteiger partial charge in [0.25, 0.3) is 10.1 Å². The van der Waals surface area contributed by atoms with Crippen molar-refractivity contribution in [2.24, 2.45) is 0 Å². The summed E-state index contributed by atoms with van der Waals surface area (Å²) in [7, 11) is -3.88. The standard InChI is InChI=1S/C30H43O2P.C18H14N.CH4O3S.Pd/c1-22(2)31-27-19-13-20-28(32-23(3)4)30(27)26-18-11-12-21-29(26)33(24-14-7-5-8-15-24)25-16-9-6-10-17-25;1-3-9-15(10-4-1)17-13-7-8-14-18(17)19-16-11-5-2-6-12-16;1-5(2,3)4;/h11-13,18-25H,5-10,14-17H2,1-4H3;1-9,11-14,19H;1H3,(H,2,3,4);/q;-1;;. The van der Waals surface area contributed by atoms with Crippen molar-refractivity contribution >= 4 is 34.7 Å². The molecular weight excluding hydrogens is 852 g/mol. The van der Waals surface area contributed by atoms with Crippen LogP contribution >= 0.6 is 7.92 Å². The van der Waals surface area contributed by atoms with Gasteiger partial charge in [-0.1, -0.05) is 119 Å². The van der Waals surface area contributed by atoms with Gasteiger partial charge in [0, 0.05) is 31.8 Å². The molecule has 5 aromatic carbocycles. The Morgan fingerprint density at radius 2 is 1.12 bits per heavy atom. The zero-order valence-electron chi connectivity index (χ0n) is 34.7. The largest absolute Gasteiger partial charge is 0.490 e. The molecule has 0 unspecified atom stereocenters. The van der Waals surface area contributed by atoms with Crippen LogP contribution in [0.25, 0.3) is 22.3 Å². The maximum absolute atomic E-state index is 9.19. The predicted octanol–water partition coefficient (Wildman–Crippen LogP) is 13.1. The van der Waals surface area contributed by atoms with Crippen LogP contribution < -0.4 is 20.1 Å². The van der Waals surface area contributed by atoms with E-state index in [-0.39, 0.29) is 40.6 Å². The van der Waals surface area contributed by atoms with Crippen LogP contribution in [0.3, 0.4) is 0 Å². The van der Waals surface area contributed by atoms with E-state index in [0.29, 0.717) is 6.26 Å². The minimum atomic E-state index is -3.67. The quantitative estimate of drug-likeness (QED) is 0.0594. The van der Waals surface area contributed by atoms with Gasteiger partial charge in [-0.15, -0.1) is 35.9 Å². The normalized spacial score (nSPS) is 14.7. The first-order chi connectivity index (χ1) is 27.5. The summed E-state index contributed by atoms with van der Waals surface area (Å²) < 4.78 is 38.6. The summed E-state index contributed by atoms with van der Waals surface area (Å²) in [6, 6.07) is 45.4. The van der Waals surface area contributed by atoms with Gasteiger partial charge < -0.3 is 14.8 Å². The molecule has 9 heteroatoms. The van der Waals surface area contributed by atoms with Crippen molar-refractivity contribution in [1.29, 1.82) is 0 Å². The Labute approximate surface area is 363 Å². The van der Waals surface area contributed by atoms with Gasteiger partial charge in [0.15, 0.2) is 0 Å². The van der Waals surface area contributed by atoms with Gasteiger partial charge in [0.2, 0.25) is 0 Å². The van der Waals surface area contributed by atoms with Crippen molar-refractivity contribution in [3.63, 3.8) is 0 Å². The second-order valence-electron chi connectivity index (χ2n) is 15.5. The molecule has 2 aliphatic carbocycles. The minimum absolute atomic E-state index is 0. The van der Waals surface area contributed by atoms with E-state index in [4.69, 9.17) is 14.0 Å². The summed E-state index contributed by atoms with van der Waals surface area (Å²) in [5.74, 6) is 1.91. The van der Waals surface area contributed by atoms with Crippen LogP contribution in [0.4, 0.5) is 11.4 Å². The molecular formula is C49H61NO5PPdS-. The summed E-state index contributed by atoms with van der Waals surface area (Å²) in [5, 5.41) is 5.05. The van der Waals surface area contributed by atoms with Crippen LogP contribution in [0, 0.1) is 6.07 Å². The zero-order chi connectivity index (χ0) is 40.6. The Bertz CT molecular complexity index is 2000. The summed E-state index contributed by atoms with van der Waals surface area (Å²) in [6.45, 7) is 8.45. The molecule has 2 saturated carbocycles. The molecule has 2 aliphatic rings. The van der Waals surface area contributed by atoms with Gasteiger partial charge in [0.1, 0.15) is 11.5 Å². The van der Waals surface area contributed by atoms with Crippen LogP contribution in [0.15, 0.2) is 121 Å². The molecule has 0 amide bonds. The summed E-state index contributed by atoms with van der Waals surface area (Å²) in [6.07, 6.45) is 15.1. The van der Waals surface area contributed by atoms with Crippen LogP contribution in [0.2, 0.25) is 0 Å². The topological polar surface area (TPSA) is 84.9 Å². The van der Waals surface area contributed by atoms with Crippen molar-refractivity contribution in [2.45, 2.75) is 115 Å². The van der Waals surface area contributed by atoms with Crippen molar-refractivity contribution in [3.05, 3.63) is 127 Å². The SMILES string of the molecule is CC(C)Oc1cccc(OC(C)C)c1-c1ccccc1P(C1CCCCC1)C1CCCCC1.CS(=O)(=O)O.[Pd].[c-]1ccccc1-c1ccccc1Nc1ccccc1. The molecule has 0 heterocycles. The Morgan fingerprint density at radius 1 is 0.638 bits per heavy atom. The molecule has 2 N–H and O–H groups in total. The number of hydrogen-bond acceptors (Lipinski definition) is 5. The summed E-state index contributed by atoms with van der Waals surface area (Å²) in [5.41, 5.74) is 8.69. The number of hydrogen-bond donors (Lipinski definition) is 2. The fourth-order valence-electron chi connectivity index (χ4n) is 7.87. The van der Waals surface area contributed by atoms with Gasteiger partial charge in [0.05, 0.1) is 24.0 Å². The van der Waals surface area contributed by atoms with E-state index < -0.39 is 10.1 Å². The summed E-state index contributed by atoms with van der Waals surface area (Å²) in [4.78, 5) is 0. The van der Waals surface area contributed by atoms with Crippen molar-refractivity contribution in [2.75, 3.05) is 11.6 Å². The predicted molar refractivity (Wildman–Crippen MR) is 242 cm³/mol. The van der Waals surface area contributed by atoms with Crippen molar-refractivity contribution < 1.29 is 42.9 Å². The molecule has 314 valence electrons. The molecule has 2 fully saturated rings. The monoisotopic (exact) mass is 912 g/mol. The number of benzene rings is 5. The summed E-state index contributed by atoms with van der Waals surface area (Å²) >= 11 is 0. The van der Waals surface area contributed by atoms with E-state index in [2.05, 4.69) is 112 Å². The van der Waals surface area contributed by atoms with Gasteiger partial charge in [-0.2, -0.15) is 8.42 Å². The second kappa shape index (κ2) is 23.9. The molecule has 0 spiro atoms. The zero-order valence-corrected chi connectivity index (χ0v) is 37.9. The van der Waals surface area contributed by atoms with Crippen LogP contribution in [-0.2, 0) is 30.5 Å². The molecule has 0 aliphatic heterocycles. The average Bonchev–Trinajstić information content (AvgIpc) is 3.20. The molecule has 0 atom stereocenters. The molecule has 5 aromatic rings. The maximum Gasteiger partial charge on any atom is 0.261 e. The van der Waals surface area contributed by atoms with E-state index in [0.717, 1.165) is 50.9 Å². The first-order valence-corrected chi connectivity index (χ1v) is 24.0. The Hall–Kier alpha value is -3.50. The fraction of sp³-hybridized carbons (Fsp3) is 0.388. The smallest absolute Gasteiger partial charge is 0.261 e. The average molecular weight is 913 g/mol.